The largest absolute Gasteiger partial charge is 0.480 e. The number of benzene rings is 1. The number of aliphatic hydroxyl groups is 3. The average Bonchev–Trinajstić information content (AvgIpc) is 3.26. The highest BCUT2D eigenvalue weighted by Gasteiger charge is 2.45. The van der Waals surface area contributed by atoms with Crippen LogP contribution in [0.2, 0.25) is 0 Å². The van der Waals surface area contributed by atoms with Crippen LogP contribution in [-0.4, -0.2) is 74.6 Å². The number of nitrogens with one attached hydrogen (secondary N) is 1. The molecule has 1 aliphatic heterocycles. The molecule has 5 N–H and O–H groups in total. The topological polar surface area (TPSA) is 153 Å². The van der Waals surface area contributed by atoms with Gasteiger partial charge < -0.3 is 30.5 Å². The van der Waals surface area contributed by atoms with E-state index in [-0.39, 0.29) is 18.6 Å². The van der Waals surface area contributed by atoms with Crippen molar-refractivity contribution in [3.63, 3.8) is 0 Å². The fourth-order valence-corrected chi connectivity index (χ4v) is 4.64. The Bertz CT molecular complexity index is 815. The summed E-state index contributed by atoms with van der Waals surface area (Å²) in [5.41, 5.74) is 0.776. The van der Waals surface area contributed by atoms with Crippen LogP contribution in [0.3, 0.4) is 0 Å². The Balaban J connectivity index is 1.62. The molecule has 0 aromatic heterocycles. The van der Waals surface area contributed by atoms with Crippen LogP contribution in [0.1, 0.15) is 38.2 Å². The van der Waals surface area contributed by atoms with Crippen molar-refractivity contribution in [3.8, 4) is 0 Å². The molecular formula is C23H31NO8. The number of carbonyl (C=O) groups excluding carboxylic acids is 2. The third-order valence-corrected chi connectivity index (χ3v) is 6.52. The first kappa shape index (κ1) is 24.3. The fraction of sp³-hybridized carbons (Fsp3) is 0.609. The highest BCUT2D eigenvalue weighted by Crippen LogP contribution is 2.35. The molecule has 1 saturated carbocycles. The van der Waals surface area contributed by atoms with Gasteiger partial charge in [-0.3, -0.25) is 9.59 Å². The van der Waals surface area contributed by atoms with Crippen molar-refractivity contribution >= 4 is 17.7 Å². The minimum atomic E-state index is -1.42. The van der Waals surface area contributed by atoms with Crippen LogP contribution in [0.25, 0.3) is 0 Å². The first-order valence-corrected chi connectivity index (χ1v) is 11.0. The number of ether oxygens (including phenoxy) is 1. The third-order valence-electron chi connectivity index (χ3n) is 6.52. The third kappa shape index (κ3) is 5.53. The maximum absolute atomic E-state index is 12.9. The van der Waals surface area contributed by atoms with Crippen LogP contribution in [0.5, 0.6) is 0 Å². The van der Waals surface area contributed by atoms with Gasteiger partial charge in [0.2, 0.25) is 5.91 Å². The summed E-state index contributed by atoms with van der Waals surface area (Å²) in [6, 6.07) is 7.86. The van der Waals surface area contributed by atoms with E-state index >= 15 is 0 Å². The van der Waals surface area contributed by atoms with Gasteiger partial charge >= 0.3 is 5.97 Å². The second kappa shape index (κ2) is 10.5. The van der Waals surface area contributed by atoms with Gasteiger partial charge in [-0.1, -0.05) is 36.8 Å². The molecule has 8 unspecified atom stereocenters. The molecule has 8 atom stereocenters. The molecule has 3 rings (SSSR count). The highest BCUT2D eigenvalue weighted by atomic mass is 16.5. The van der Waals surface area contributed by atoms with Gasteiger partial charge in [0.1, 0.15) is 30.1 Å². The Morgan fingerprint density at radius 2 is 1.69 bits per heavy atom. The summed E-state index contributed by atoms with van der Waals surface area (Å²) >= 11 is 0. The number of hydrogen-bond acceptors (Lipinski definition) is 7. The molecule has 1 aromatic rings. The van der Waals surface area contributed by atoms with E-state index < -0.39 is 60.3 Å². The zero-order valence-electron chi connectivity index (χ0n) is 18.0. The van der Waals surface area contributed by atoms with Crippen LogP contribution >= 0.6 is 0 Å². The molecule has 176 valence electrons. The number of carboxylic acids is 1. The minimum Gasteiger partial charge on any atom is -0.480 e. The Kier molecular flexibility index (Phi) is 8.00. The second-order valence-corrected chi connectivity index (χ2v) is 8.75. The van der Waals surface area contributed by atoms with Gasteiger partial charge in [0.15, 0.2) is 0 Å². The van der Waals surface area contributed by atoms with Crippen molar-refractivity contribution in [2.75, 3.05) is 0 Å². The summed E-state index contributed by atoms with van der Waals surface area (Å²) in [6.45, 7) is 1.54. The van der Waals surface area contributed by atoms with Crippen LogP contribution < -0.4 is 5.32 Å². The van der Waals surface area contributed by atoms with Crippen LogP contribution in [-0.2, 0) is 25.5 Å². The molecule has 1 aliphatic carbocycles. The molecule has 1 aromatic carbocycles. The van der Waals surface area contributed by atoms with Crippen LogP contribution in [0.15, 0.2) is 30.3 Å². The number of amides is 1. The van der Waals surface area contributed by atoms with E-state index in [4.69, 9.17) is 4.74 Å². The number of hydrogen-bond donors (Lipinski definition) is 5. The Morgan fingerprint density at radius 1 is 1.03 bits per heavy atom. The van der Waals surface area contributed by atoms with E-state index in [0.717, 1.165) is 5.56 Å². The van der Waals surface area contributed by atoms with E-state index in [1.54, 1.807) is 31.2 Å². The maximum Gasteiger partial charge on any atom is 0.326 e. The molecule has 9 nitrogen and oxygen atoms in total. The van der Waals surface area contributed by atoms with Crippen molar-refractivity contribution in [1.29, 1.82) is 0 Å². The lowest BCUT2D eigenvalue weighted by atomic mass is 9.85. The molecule has 0 spiro atoms. The molecule has 1 amide bonds. The molecular weight excluding hydrogens is 418 g/mol. The zero-order chi connectivity index (χ0) is 23.4. The normalized spacial score (nSPS) is 33.4. The summed E-state index contributed by atoms with van der Waals surface area (Å²) in [5, 5.41) is 42.1. The number of carboxylic acid groups (broad SMARTS) is 1. The van der Waals surface area contributed by atoms with Gasteiger partial charge in [-0.05, 0) is 25.3 Å². The lowest BCUT2D eigenvalue weighted by Gasteiger charge is -2.39. The lowest BCUT2D eigenvalue weighted by Crippen LogP contribution is -2.57. The van der Waals surface area contributed by atoms with E-state index in [2.05, 4.69) is 5.32 Å². The monoisotopic (exact) mass is 449 g/mol. The van der Waals surface area contributed by atoms with Crippen LogP contribution in [0, 0.1) is 11.8 Å². The van der Waals surface area contributed by atoms with E-state index in [0.29, 0.717) is 19.3 Å². The van der Waals surface area contributed by atoms with Gasteiger partial charge in [0, 0.05) is 24.7 Å². The first-order chi connectivity index (χ1) is 15.2. The number of aliphatic carboxylic acids is 1. The summed E-state index contributed by atoms with van der Waals surface area (Å²) in [5.74, 6) is -3.18. The SMILES string of the molecule is CC1OC(CC(=O)C2CCCC2C(=O)NC(Cc2ccccc2)C(=O)O)C(O)C(O)C1O. The van der Waals surface area contributed by atoms with Gasteiger partial charge in [0.05, 0.1) is 12.2 Å². The summed E-state index contributed by atoms with van der Waals surface area (Å²) in [4.78, 5) is 37.5. The lowest BCUT2D eigenvalue weighted by molar-refractivity contribution is -0.218. The number of carbonyl (C=O) groups is 3. The zero-order valence-corrected chi connectivity index (χ0v) is 18.0. The predicted octanol–water partition coefficient (Wildman–Crippen LogP) is 0.0440. The Labute approximate surface area is 186 Å². The second-order valence-electron chi connectivity index (χ2n) is 8.75. The number of aliphatic hydroxyl groups excluding tert-OH is 3. The number of Topliss-reactive ketones (excluding diaryl/α,β-unsaturated/α-hetero) is 1. The molecule has 2 fully saturated rings. The van der Waals surface area contributed by atoms with E-state index in [1.165, 1.54) is 0 Å². The summed E-state index contributed by atoms with van der Waals surface area (Å²) in [7, 11) is 0. The van der Waals surface area contributed by atoms with E-state index in [9.17, 15) is 34.8 Å². The molecule has 0 radical (unpaired) electrons. The van der Waals surface area contributed by atoms with Crippen molar-refractivity contribution in [2.45, 2.75) is 75.6 Å². The number of rotatable bonds is 8. The van der Waals surface area contributed by atoms with Crippen LogP contribution in [0.4, 0.5) is 0 Å². The molecule has 9 heteroatoms. The summed E-state index contributed by atoms with van der Waals surface area (Å²) in [6.07, 6.45) is -4.29. The van der Waals surface area contributed by atoms with E-state index in [1.807, 2.05) is 6.07 Å². The van der Waals surface area contributed by atoms with Crippen molar-refractivity contribution < 1.29 is 39.5 Å². The smallest absolute Gasteiger partial charge is 0.326 e. The summed E-state index contributed by atoms with van der Waals surface area (Å²) < 4.78 is 5.51. The van der Waals surface area contributed by atoms with Crippen molar-refractivity contribution in [2.24, 2.45) is 11.8 Å². The maximum atomic E-state index is 12.9. The molecule has 0 bridgehead atoms. The highest BCUT2D eigenvalue weighted by molar-refractivity contribution is 5.91. The van der Waals surface area contributed by atoms with Crippen molar-refractivity contribution in [3.05, 3.63) is 35.9 Å². The molecule has 1 saturated heterocycles. The Hall–Kier alpha value is -2.33. The molecule has 2 aliphatic rings. The minimum absolute atomic E-state index is 0.132. The first-order valence-electron chi connectivity index (χ1n) is 11.0. The van der Waals surface area contributed by atoms with Gasteiger partial charge in [-0.15, -0.1) is 0 Å². The molecule has 32 heavy (non-hydrogen) atoms. The number of ketones is 1. The van der Waals surface area contributed by atoms with Gasteiger partial charge in [0.25, 0.3) is 0 Å². The predicted molar refractivity (Wildman–Crippen MR) is 113 cm³/mol. The molecule has 1 heterocycles. The van der Waals surface area contributed by atoms with Gasteiger partial charge in [-0.25, -0.2) is 4.79 Å². The standard InChI is InChI=1S/C23H31NO8/c1-12-19(26)21(28)20(27)18(32-12)11-17(25)14-8-5-9-15(14)22(29)24-16(23(30)31)10-13-6-3-2-4-7-13/h2-4,6-7,12,14-16,18-21,26-28H,5,8-11H2,1H3,(H,24,29)(H,30,31). The quantitative estimate of drug-likeness (QED) is 0.373. The van der Waals surface area contributed by atoms with Crippen molar-refractivity contribution in [1.82, 2.24) is 5.32 Å². The fourth-order valence-electron chi connectivity index (χ4n) is 4.64. The Morgan fingerprint density at radius 3 is 2.34 bits per heavy atom. The van der Waals surface area contributed by atoms with Gasteiger partial charge in [-0.2, -0.15) is 0 Å². The average molecular weight is 450 g/mol.